The van der Waals surface area contributed by atoms with Gasteiger partial charge in [0, 0.05) is 16.3 Å². The summed E-state index contributed by atoms with van der Waals surface area (Å²) in [5, 5.41) is 4.76. The molecule has 1 aromatic heterocycles. The fourth-order valence-corrected chi connectivity index (χ4v) is 3.23. The average Bonchev–Trinajstić information content (AvgIpc) is 2.89. The highest BCUT2D eigenvalue weighted by atomic mass is 35.5. The topological polar surface area (TPSA) is 29.1 Å². The van der Waals surface area contributed by atoms with Crippen LogP contribution < -0.4 is 5.32 Å². The summed E-state index contributed by atoms with van der Waals surface area (Å²) in [4.78, 5) is 13.0. The summed E-state index contributed by atoms with van der Waals surface area (Å²) in [7, 11) is 0. The predicted octanol–water partition coefficient (Wildman–Crippen LogP) is 4.79. The first-order valence-electron chi connectivity index (χ1n) is 6.65. The summed E-state index contributed by atoms with van der Waals surface area (Å²) in [5.74, 6) is -0.0381. The summed E-state index contributed by atoms with van der Waals surface area (Å²) in [6.07, 6.45) is 0. The summed E-state index contributed by atoms with van der Waals surface area (Å²) in [6.45, 7) is 2.56. The van der Waals surface area contributed by atoms with E-state index < -0.39 is 0 Å². The van der Waals surface area contributed by atoms with Gasteiger partial charge in [0.05, 0.1) is 4.88 Å². The number of benzene rings is 2. The van der Waals surface area contributed by atoms with E-state index in [0.717, 1.165) is 20.5 Å². The monoisotopic (exact) mass is 315 g/mol. The number of thiophene rings is 1. The van der Waals surface area contributed by atoms with Gasteiger partial charge in [0.25, 0.3) is 5.91 Å². The molecule has 1 N–H and O–H groups in total. The van der Waals surface area contributed by atoms with Crippen LogP contribution in [0, 0.1) is 6.92 Å². The molecule has 21 heavy (non-hydrogen) atoms. The molecule has 0 radical (unpaired) electrons. The molecule has 0 aliphatic heterocycles. The van der Waals surface area contributed by atoms with E-state index in [1.54, 1.807) is 0 Å². The van der Waals surface area contributed by atoms with Crippen LogP contribution in [-0.2, 0) is 6.54 Å². The second-order valence-corrected chi connectivity index (χ2v) is 6.48. The average molecular weight is 316 g/mol. The van der Waals surface area contributed by atoms with Gasteiger partial charge < -0.3 is 5.32 Å². The number of halogens is 1. The number of carbonyl (C=O) groups is 1. The van der Waals surface area contributed by atoms with Gasteiger partial charge >= 0.3 is 0 Å². The van der Waals surface area contributed by atoms with Gasteiger partial charge in [-0.1, -0.05) is 41.4 Å². The summed E-state index contributed by atoms with van der Waals surface area (Å²) in [6, 6.07) is 15.6. The highest BCUT2D eigenvalue weighted by molar-refractivity contribution is 7.20. The Bertz CT molecular complexity index is 792. The normalized spacial score (nSPS) is 10.8. The van der Waals surface area contributed by atoms with Crippen LogP contribution in [0.2, 0.25) is 5.02 Å². The Morgan fingerprint density at radius 3 is 2.67 bits per heavy atom. The molecular weight excluding hydrogens is 302 g/mol. The van der Waals surface area contributed by atoms with Crippen molar-refractivity contribution >= 4 is 38.9 Å². The van der Waals surface area contributed by atoms with E-state index in [1.807, 2.05) is 30.3 Å². The van der Waals surface area contributed by atoms with E-state index in [9.17, 15) is 4.79 Å². The van der Waals surface area contributed by atoms with E-state index in [2.05, 4.69) is 30.4 Å². The van der Waals surface area contributed by atoms with Crippen LogP contribution in [0.3, 0.4) is 0 Å². The number of nitrogens with one attached hydrogen (secondary N) is 1. The zero-order valence-electron chi connectivity index (χ0n) is 11.5. The Hall–Kier alpha value is -1.84. The predicted molar refractivity (Wildman–Crippen MR) is 89.2 cm³/mol. The molecule has 0 bridgehead atoms. The van der Waals surface area contributed by atoms with Crippen LogP contribution >= 0.6 is 22.9 Å². The number of fused-ring (bicyclic) bond motifs is 1. The van der Waals surface area contributed by atoms with E-state index in [-0.39, 0.29) is 5.91 Å². The zero-order chi connectivity index (χ0) is 14.8. The van der Waals surface area contributed by atoms with Crippen LogP contribution in [0.15, 0.2) is 48.5 Å². The first kappa shape index (κ1) is 14.1. The Morgan fingerprint density at radius 1 is 1.14 bits per heavy atom. The maximum absolute atomic E-state index is 12.2. The van der Waals surface area contributed by atoms with Crippen LogP contribution in [0.5, 0.6) is 0 Å². The van der Waals surface area contributed by atoms with Crippen LogP contribution in [-0.4, -0.2) is 5.91 Å². The van der Waals surface area contributed by atoms with Crippen molar-refractivity contribution in [2.75, 3.05) is 0 Å². The molecule has 2 aromatic carbocycles. The van der Waals surface area contributed by atoms with E-state index in [4.69, 9.17) is 11.6 Å². The minimum atomic E-state index is -0.0381. The van der Waals surface area contributed by atoms with Crippen molar-refractivity contribution in [3.8, 4) is 0 Å². The smallest absolute Gasteiger partial charge is 0.261 e. The molecule has 0 saturated carbocycles. The molecule has 2 nitrogen and oxygen atoms in total. The number of hydrogen-bond donors (Lipinski definition) is 1. The molecule has 1 amide bonds. The molecule has 3 rings (SSSR count). The first-order valence-corrected chi connectivity index (χ1v) is 7.84. The molecule has 106 valence electrons. The number of amides is 1. The van der Waals surface area contributed by atoms with Crippen LogP contribution in [0.1, 0.15) is 20.8 Å². The molecule has 0 aliphatic rings. The largest absolute Gasteiger partial charge is 0.347 e. The molecule has 3 aromatic rings. The van der Waals surface area contributed by atoms with Gasteiger partial charge in [-0.2, -0.15) is 0 Å². The van der Waals surface area contributed by atoms with Crippen molar-refractivity contribution in [2.24, 2.45) is 0 Å². The molecule has 4 heteroatoms. The fraction of sp³-hybridized carbons (Fsp3) is 0.118. The van der Waals surface area contributed by atoms with Gasteiger partial charge in [0.1, 0.15) is 0 Å². The molecule has 0 aliphatic carbocycles. The maximum Gasteiger partial charge on any atom is 0.261 e. The summed E-state index contributed by atoms with van der Waals surface area (Å²) < 4.78 is 1.14. The lowest BCUT2D eigenvalue weighted by Crippen LogP contribution is -2.21. The number of aryl methyl sites for hydroxylation is 1. The third kappa shape index (κ3) is 3.26. The van der Waals surface area contributed by atoms with Crippen molar-refractivity contribution in [2.45, 2.75) is 13.5 Å². The standard InChI is InChI=1S/C17H14ClNOS/c1-11-2-7-15-13(8-11)9-16(21-15)17(20)19-10-12-3-5-14(18)6-4-12/h2-9H,10H2,1H3,(H,19,20). The molecule has 0 saturated heterocycles. The lowest BCUT2D eigenvalue weighted by Gasteiger charge is -2.03. The Kier molecular flexibility index (Phi) is 3.95. The minimum absolute atomic E-state index is 0.0381. The molecular formula is C17H14ClNOS. The van der Waals surface area contributed by atoms with Gasteiger partial charge in [-0.15, -0.1) is 11.3 Å². The highest BCUT2D eigenvalue weighted by Crippen LogP contribution is 2.26. The second kappa shape index (κ2) is 5.88. The lowest BCUT2D eigenvalue weighted by molar-refractivity contribution is 0.0955. The van der Waals surface area contributed by atoms with Gasteiger partial charge in [0.2, 0.25) is 0 Å². The van der Waals surface area contributed by atoms with Gasteiger partial charge in [0.15, 0.2) is 0 Å². The van der Waals surface area contributed by atoms with Gasteiger partial charge in [-0.25, -0.2) is 0 Å². The summed E-state index contributed by atoms with van der Waals surface area (Å²) >= 11 is 7.36. The maximum atomic E-state index is 12.2. The van der Waals surface area contributed by atoms with Crippen molar-refractivity contribution in [1.29, 1.82) is 0 Å². The Labute approximate surface area is 132 Å². The quantitative estimate of drug-likeness (QED) is 0.739. The Morgan fingerprint density at radius 2 is 1.90 bits per heavy atom. The van der Waals surface area contributed by atoms with E-state index in [1.165, 1.54) is 16.9 Å². The second-order valence-electron chi connectivity index (χ2n) is 4.96. The van der Waals surface area contributed by atoms with Crippen LogP contribution in [0.4, 0.5) is 0 Å². The van der Waals surface area contributed by atoms with Gasteiger partial charge in [-0.3, -0.25) is 4.79 Å². The molecule has 0 atom stereocenters. The highest BCUT2D eigenvalue weighted by Gasteiger charge is 2.10. The van der Waals surface area contributed by atoms with E-state index >= 15 is 0 Å². The third-order valence-corrected chi connectivity index (χ3v) is 4.63. The zero-order valence-corrected chi connectivity index (χ0v) is 13.1. The van der Waals surface area contributed by atoms with Crippen molar-refractivity contribution < 1.29 is 4.79 Å². The lowest BCUT2D eigenvalue weighted by atomic mass is 10.2. The fourth-order valence-electron chi connectivity index (χ4n) is 2.15. The van der Waals surface area contributed by atoms with Gasteiger partial charge in [-0.05, 0) is 42.1 Å². The first-order chi connectivity index (χ1) is 10.1. The molecule has 0 spiro atoms. The van der Waals surface area contributed by atoms with Crippen molar-refractivity contribution in [1.82, 2.24) is 5.32 Å². The Balaban J connectivity index is 1.73. The number of carbonyl (C=O) groups excluding carboxylic acids is 1. The van der Waals surface area contributed by atoms with E-state index in [0.29, 0.717) is 11.6 Å². The number of rotatable bonds is 3. The SMILES string of the molecule is Cc1ccc2sc(C(=O)NCc3ccc(Cl)cc3)cc2c1. The molecule has 0 unspecified atom stereocenters. The molecule has 1 heterocycles. The van der Waals surface area contributed by atoms with Crippen molar-refractivity contribution in [3.63, 3.8) is 0 Å². The van der Waals surface area contributed by atoms with Crippen LogP contribution in [0.25, 0.3) is 10.1 Å². The minimum Gasteiger partial charge on any atom is -0.347 e. The summed E-state index contributed by atoms with van der Waals surface area (Å²) in [5.41, 5.74) is 2.23. The van der Waals surface area contributed by atoms with Crippen molar-refractivity contribution in [3.05, 3.63) is 69.6 Å². The number of hydrogen-bond acceptors (Lipinski definition) is 2. The third-order valence-electron chi connectivity index (χ3n) is 3.26. The molecule has 0 fully saturated rings.